The largest absolute Gasteiger partial charge is 0.481 e. The number of amides is 2. The van der Waals surface area contributed by atoms with Crippen molar-refractivity contribution in [2.24, 2.45) is 5.92 Å². The maximum atomic E-state index is 11.6. The molecule has 0 aromatic heterocycles. The molecular weight excluding hydrogens is 278 g/mol. The van der Waals surface area contributed by atoms with Crippen molar-refractivity contribution in [3.63, 3.8) is 0 Å². The molecule has 21 heavy (non-hydrogen) atoms. The predicted octanol–water partition coefficient (Wildman–Crippen LogP) is 2.14. The van der Waals surface area contributed by atoms with Crippen LogP contribution < -0.4 is 10.6 Å². The zero-order valence-electron chi connectivity index (χ0n) is 11.8. The second-order valence-corrected chi connectivity index (χ2v) is 4.54. The third-order valence-electron chi connectivity index (χ3n) is 3.01. The van der Waals surface area contributed by atoms with Gasteiger partial charge in [0.1, 0.15) is 0 Å². The molecule has 0 bridgehead atoms. The van der Waals surface area contributed by atoms with E-state index in [1.165, 1.54) is 18.2 Å². The highest BCUT2D eigenvalue weighted by molar-refractivity contribution is 5.90. The smallest absolute Gasteiger partial charge is 0.319 e. The molecule has 8 heteroatoms. The number of nitro benzene ring substituents is 1. The Kier molecular flexibility index (Phi) is 5.65. The van der Waals surface area contributed by atoms with E-state index in [1.807, 2.05) is 0 Å². The molecule has 3 N–H and O–H groups in total. The number of aliphatic carboxylic acids is 1. The van der Waals surface area contributed by atoms with E-state index in [2.05, 4.69) is 10.6 Å². The molecule has 0 saturated carbocycles. The maximum Gasteiger partial charge on any atom is 0.319 e. The molecule has 0 heterocycles. The topological polar surface area (TPSA) is 122 Å². The molecule has 0 radical (unpaired) electrons. The summed E-state index contributed by atoms with van der Waals surface area (Å²) in [4.78, 5) is 32.7. The van der Waals surface area contributed by atoms with E-state index >= 15 is 0 Å². The number of hydrogen-bond donors (Lipinski definition) is 3. The fourth-order valence-corrected chi connectivity index (χ4v) is 1.68. The average molecular weight is 295 g/mol. The minimum Gasteiger partial charge on any atom is -0.481 e. The van der Waals surface area contributed by atoms with Gasteiger partial charge in [0.05, 0.1) is 10.8 Å². The summed E-state index contributed by atoms with van der Waals surface area (Å²) in [5, 5.41) is 24.5. The number of aryl methyl sites for hydroxylation is 1. The number of nitrogens with zero attached hydrogens (tertiary/aromatic N) is 1. The summed E-state index contributed by atoms with van der Waals surface area (Å²) in [5.74, 6) is -1.65. The zero-order chi connectivity index (χ0) is 16.0. The van der Waals surface area contributed by atoms with Crippen molar-refractivity contribution in [3.05, 3.63) is 33.9 Å². The van der Waals surface area contributed by atoms with Crippen LogP contribution in [0.25, 0.3) is 0 Å². The molecule has 0 fully saturated rings. The summed E-state index contributed by atoms with van der Waals surface area (Å²) in [6, 6.07) is 3.72. The molecule has 1 atom stereocenters. The number of nitro groups is 1. The van der Waals surface area contributed by atoms with Gasteiger partial charge in [-0.2, -0.15) is 0 Å². The SMILES string of the molecule is CCC(CNC(=O)Nc1ccc(C)c([N+](=O)[O-])c1)C(=O)O. The van der Waals surface area contributed by atoms with Crippen molar-refractivity contribution in [2.75, 3.05) is 11.9 Å². The average Bonchev–Trinajstić information content (AvgIpc) is 2.41. The number of carboxylic acids is 1. The van der Waals surface area contributed by atoms with Crippen LogP contribution in [-0.2, 0) is 4.79 Å². The molecular formula is C13H17N3O5. The summed E-state index contributed by atoms with van der Waals surface area (Å²) >= 11 is 0. The minimum absolute atomic E-state index is 0.00831. The zero-order valence-corrected chi connectivity index (χ0v) is 11.8. The van der Waals surface area contributed by atoms with Gasteiger partial charge in [-0.25, -0.2) is 4.79 Å². The molecule has 0 aliphatic heterocycles. The third kappa shape index (κ3) is 4.75. The number of hydrogen-bond acceptors (Lipinski definition) is 4. The highest BCUT2D eigenvalue weighted by Crippen LogP contribution is 2.22. The number of rotatable bonds is 6. The van der Waals surface area contributed by atoms with Crippen molar-refractivity contribution >= 4 is 23.4 Å². The Hall–Kier alpha value is -2.64. The van der Waals surface area contributed by atoms with Crippen LogP contribution in [0.4, 0.5) is 16.2 Å². The fraction of sp³-hybridized carbons (Fsp3) is 0.385. The number of carbonyl (C=O) groups is 2. The van der Waals surface area contributed by atoms with E-state index in [-0.39, 0.29) is 17.9 Å². The lowest BCUT2D eigenvalue weighted by molar-refractivity contribution is -0.385. The quantitative estimate of drug-likeness (QED) is 0.548. The van der Waals surface area contributed by atoms with Gasteiger partial charge >= 0.3 is 12.0 Å². The summed E-state index contributed by atoms with van der Waals surface area (Å²) in [6.45, 7) is 3.30. The predicted molar refractivity (Wildman–Crippen MR) is 76.3 cm³/mol. The Bertz CT molecular complexity index is 559. The molecule has 0 saturated heterocycles. The van der Waals surface area contributed by atoms with Crippen LogP contribution >= 0.6 is 0 Å². The molecule has 0 aliphatic carbocycles. The molecule has 1 aromatic carbocycles. The van der Waals surface area contributed by atoms with Crippen molar-refractivity contribution in [2.45, 2.75) is 20.3 Å². The van der Waals surface area contributed by atoms with Gasteiger partial charge in [-0.05, 0) is 19.4 Å². The number of urea groups is 1. The van der Waals surface area contributed by atoms with Crippen LogP contribution in [0.3, 0.4) is 0 Å². The molecule has 0 spiro atoms. The molecule has 0 aliphatic rings. The number of carbonyl (C=O) groups excluding carboxylic acids is 1. The molecule has 1 unspecified atom stereocenters. The number of carboxylic acid groups (broad SMARTS) is 1. The highest BCUT2D eigenvalue weighted by atomic mass is 16.6. The highest BCUT2D eigenvalue weighted by Gasteiger charge is 2.16. The van der Waals surface area contributed by atoms with E-state index in [0.717, 1.165) is 0 Å². The lowest BCUT2D eigenvalue weighted by Gasteiger charge is -2.12. The number of benzene rings is 1. The van der Waals surface area contributed by atoms with Crippen LogP contribution in [0.15, 0.2) is 18.2 Å². The van der Waals surface area contributed by atoms with Crippen LogP contribution in [0, 0.1) is 23.0 Å². The van der Waals surface area contributed by atoms with Crippen molar-refractivity contribution in [3.8, 4) is 0 Å². The standard InChI is InChI=1S/C13H17N3O5/c1-3-9(12(17)18)7-14-13(19)15-10-5-4-8(2)11(6-10)16(20)21/h4-6,9H,3,7H2,1-2H3,(H,17,18)(H2,14,15,19). The van der Waals surface area contributed by atoms with Crippen molar-refractivity contribution in [1.82, 2.24) is 5.32 Å². The second-order valence-electron chi connectivity index (χ2n) is 4.54. The van der Waals surface area contributed by atoms with Gasteiger partial charge < -0.3 is 15.7 Å². The van der Waals surface area contributed by atoms with Crippen molar-refractivity contribution < 1.29 is 19.6 Å². The Labute approximate surface area is 121 Å². The van der Waals surface area contributed by atoms with Crippen LogP contribution in [0.1, 0.15) is 18.9 Å². The van der Waals surface area contributed by atoms with Gasteiger partial charge in [0.15, 0.2) is 0 Å². The first kappa shape index (κ1) is 16.4. The number of nitrogens with one attached hydrogen (secondary N) is 2. The van der Waals surface area contributed by atoms with E-state index in [4.69, 9.17) is 5.11 Å². The van der Waals surface area contributed by atoms with Gasteiger partial charge in [-0.3, -0.25) is 14.9 Å². The van der Waals surface area contributed by atoms with E-state index in [9.17, 15) is 19.7 Å². The second kappa shape index (κ2) is 7.22. The summed E-state index contributed by atoms with van der Waals surface area (Å²) in [7, 11) is 0. The number of anilines is 1. The Morgan fingerprint density at radius 3 is 2.62 bits per heavy atom. The first-order chi connectivity index (χ1) is 9.85. The Balaban J connectivity index is 2.65. The molecule has 1 rings (SSSR count). The van der Waals surface area contributed by atoms with Crippen LogP contribution in [0.5, 0.6) is 0 Å². The lowest BCUT2D eigenvalue weighted by Crippen LogP contribution is -2.35. The van der Waals surface area contributed by atoms with E-state index in [0.29, 0.717) is 12.0 Å². The first-order valence-corrected chi connectivity index (χ1v) is 6.37. The molecule has 1 aromatic rings. The first-order valence-electron chi connectivity index (χ1n) is 6.37. The van der Waals surface area contributed by atoms with E-state index in [1.54, 1.807) is 13.8 Å². The Morgan fingerprint density at radius 2 is 2.10 bits per heavy atom. The summed E-state index contributed by atoms with van der Waals surface area (Å²) in [5.41, 5.74) is 0.667. The lowest BCUT2D eigenvalue weighted by atomic mass is 10.1. The van der Waals surface area contributed by atoms with Gasteiger partial charge in [0.2, 0.25) is 0 Å². The van der Waals surface area contributed by atoms with Gasteiger partial charge in [-0.15, -0.1) is 0 Å². The van der Waals surface area contributed by atoms with Crippen molar-refractivity contribution in [1.29, 1.82) is 0 Å². The normalized spacial score (nSPS) is 11.5. The van der Waals surface area contributed by atoms with Gasteiger partial charge in [-0.1, -0.05) is 13.0 Å². The molecule has 2 amide bonds. The Morgan fingerprint density at radius 1 is 1.43 bits per heavy atom. The molecule has 114 valence electrons. The monoisotopic (exact) mass is 295 g/mol. The van der Waals surface area contributed by atoms with Crippen LogP contribution in [-0.4, -0.2) is 28.6 Å². The van der Waals surface area contributed by atoms with E-state index < -0.39 is 22.8 Å². The minimum atomic E-state index is -0.983. The maximum absolute atomic E-state index is 11.6. The summed E-state index contributed by atoms with van der Waals surface area (Å²) in [6.07, 6.45) is 0.394. The third-order valence-corrected chi connectivity index (χ3v) is 3.01. The van der Waals surface area contributed by atoms with Crippen LogP contribution in [0.2, 0.25) is 0 Å². The van der Waals surface area contributed by atoms with Gasteiger partial charge in [0, 0.05) is 23.9 Å². The fourth-order valence-electron chi connectivity index (χ4n) is 1.68. The molecule has 8 nitrogen and oxygen atoms in total. The summed E-state index contributed by atoms with van der Waals surface area (Å²) < 4.78 is 0. The van der Waals surface area contributed by atoms with Gasteiger partial charge in [0.25, 0.3) is 5.69 Å².